The Kier molecular flexibility index (Phi) is 9.39. The van der Waals surface area contributed by atoms with Crippen molar-refractivity contribution in [3.05, 3.63) is 144 Å². The topological polar surface area (TPSA) is 109 Å². The molecule has 0 bridgehead atoms. The summed E-state index contributed by atoms with van der Waals surface area (Å²) in [5.74, 6) is -1.58. The zero-order chi connectivity index (χ0) is 34.9. The highest BCUT2D eigenvalue weighted by Gasteiger charge is 2.55. The Labute approximate surface area is 292 Å². The first-order chi connectivity index (χ1) is 23.4. The van der Waals surface area contributed by atoms with Gasteiger partial charge >= 0.3 is 0 Å². The van der Waals surface area contributed by atoms with Crippen molar-refractivity contribution in [2.75, 3.05) is 27.6 Å². The number of aromatic nitrogens is 1. The van der Waals surface area contributed by atoms with Gasteiger partial charge in [0.2, 0.25) is 5.91 Å². The molecule has 0 radical (unpaired) electrons. The maximum atomic E-state index is 12.7. The number of hydrogen-bond donors (Lipinski definition) is 2. The highest BCUT2D eigenvalue weighted by Crippen LogP contribution is 2.56. The Morgan fingerprint density at radius 1 is 0.755 bits per heavy atom. The van der Waals surface area contributed by atoms with Crippen LogP contribution >= 0.6 is 0 Å². The van der Waals surface area contributed by atoms with Gasteiger partial charge in [-0.2, -0.15) is 0 Å². The third-order valence-corrected chi connectivity index (χ3v) is 10.8. The SMILES string of the molecule is CC(=O)Nc1cc(S(C)=O)ccc1N1C(c2ccncc2)=C(c2ccccc2)C(C)(c2ccc(S(C)=O)cc2)N(c2ccccc2)C1(C)N. The molecular formula is C39H39N5O3S2. The van der Waals surface area contributed by atoms with E-state index in [1.807, 2.05) is 104 Å². The highest BCUT2D eigenvalue weighted by atomic mass is 32.2. The molecule has 6 rings (SSSR count). The number of nitrogens with two attached hydrogens (primary N) is 1. The van der Waals surface area contributed by atoms with E-state index in [-0.39, 0.29) is 5.91 Å². The van der Waals surface area contributed by atoms with Crippen LogP contribution in [0.15, 0.2) is 137 Å². The van der Waals surface area contributed by atoms with Crippen molar-refractivity contribution in [1.29, 1.82) is 0 Å². The van der Waals surface area contributed by atoms with Gasteiger partial charge in [-0.25, -0.2) is 0 Å². The maximum Gasteiger partial charge on any atom is 0.221 e. The lowest BCUT2D eigenvalue weighted by atomic mass is 9.73. The number of nitrogens with zero attached hydrogens (tertiary/aromatic N) is 3. The van der Waals surface area contributed by atoms with E-state index in [0.717, 1.165) is 38.5 Å². The number of anilines is 3. The minimum Gasteiger partial charge on any atom is -0.324 e. The fourth-order valence-electron chi connectivity index (χ4n) is 6.92. The first-order valence-electron chi connectivity index (χ1n) is 15.8. The summed E-state index contributed by atoms with van der Waals surface area (Å²) in [7, 11) is -2.46. The first kappa shape index (κ1) is 34.0. The monoisotopic (exact) mass is 689 g/mol. The van der Waals surface area contributed by atoms with Crippen molar-refractivity contribution in [1.82, 2.24) is 4.98 Å². The predicted molar refractivity (Wildman–Crippen MR) is 201 cm³/mol. The molecule has 250 valence electrons. The van der Waals surface area contributed by atoms with Gasteiger partial charge in [0.15, 0.2) is 5.79 Å². The van der Waals surface area contributed by atoms with Crippen molar-refractivity contribution < 1.29 is 13.2 Å². The van der Waals surface area contributed by atoms with Crippen LogP contribution < -0.4 is 20.9 Å². The van der Waals surface area contributed by atoms with Gasteiger partial charge in [0.1, 0.15) is 0 Å². The molecule has 1 aliphatic heterocycles. The lowest BCUT2D eigenvalue weighted by Gasteiger charge is -2.61. The van der Waals surface area contributed by atoms with E-state index >= 15 is 0 Å². The number of pyridine rings is 1. The summed E-state index contributed by atoms with van der Waals surface area (Å²) in [6, 6.07) is 37.4. The molecule has 10 heteroatoms. The van der Waals surface area contributed by atoms with E-state index in [1.165, 1.54) is 6.92 Å². The molecule has 3 N–H and O–H groups in total. The van der Waals surface area contributed by atoms with E-state index in [9.17, 15) is 13.2 Å². The van der Waals surface area contributed by atoms with Crippen LogP contribution in [-0.4, -0.2) is 37.6 Å². The van der Waals surface area contributed by atoms with Crippen molar-refractivity contribution in [2.24, 2.45) is 5.73 Å². The molecule has 0 saturated heterocycles. The number of rotatable bonds is 8. The molecule has 0 fully saturated rings. The van der Waals surface area contributed by atoms with Crippen LogP contribution in [0, 0.1) is 0 Å². The zero-order valence-corrected chi connectivity index (χ0v) is 29.7. The van der Waals surface area contributed by atoms with Gasteiger partial charge in [0, 0.05) is 80.0 Å². The van der Waals surface area contributed by atoms with Gasteiger partial charge in [-0.15, -0.1) is 0 Å². The van der Waals surface area contributed by atoms with E-state index in [1.54, 1.807) is 31.0 Å². The molecule has 0 spiro atoms. The van der Waals surface area contributed by atoms with Gasteiger partial charge in [0.05, 0.1) is 22.6 Å². The molecule has 1 amide bonds. The second kappa shape index (κ2) is 13.5. The zero-order valence-electron chi connectivity index (χ0n) is 28.1. The number of hydrogen-bond acceptors (Lipinski definition) is 7. The van der Waals surface area contributed by atoms with Crippen molar-refractivity contribution in [3.63, 3.8) is 0 Å². The Morgan fingerprint density at radius 2 is 1.33 bits per heavy atom. The normalized spacial score (nSPS) is 20.5. The van der Waals surface area contributed by atoms with Crippen LogP contribution in [0.5, 0.6) is 0 Å². The molecule has 1 aliphatic rings. The van der Waals surface area contributed by atoms with E-state index in [2.05, 4.69) is 39.2 Å². The Balaban J connectivity index is 1.83. The Bertz CT molecular complexity index is 2070. The lowest BCUT2D eigenvalue weighted by Crippen LogP contribution is -2.73. The number of amides is 1. The highest BCUT2D eigenvalue weighted by molar-refractivity contribution is 7.84. The van der Waals surface area contributed by atoms with Crippen LogP contribution in [0.3, 0.4) is 0 Å². The number of carbonyl (C=O) groups excluding carboxylic acids is 1. The quantitative estimate of drug-likeness (QED) is 0.181. The van der Waals surface area contributed by atoms with Crippen LogP contribution in [0.2, 0.25) is 0 Å². The summed E-state index contributed by atoms with van der Waals surface area (Å²) >= 11 is 0. The second-order valence-electron chi connectivity index (χ2n) is 12.3. The molecule has 0 aliphatic carbocycles. The largest absolute Gasteiger partial charge is 0.324 e. The average molecular weight is 690 g/mol. The van der Waals surface area contributed by atoms with Crippen molar-refractivity contribution in [2.45, 2.75) is 41.9 Å². The standard InChI is InChI=1S/C39H39N5O3S2/c1-27(45)42-34-26-33(49(5)47)20-21-35(34)43-37(29-22-24-41-25-23-29)36(28-12-8-6-9-13-28)38(2,30-16-18-32(19-17-30)48(4)46)44(39(43,3)40)31-14-10-7-11-15-31/h6-26H,40H2,1-5H3,(H,42,45). The molecule has 5 aromatic rings. The summed E-state index contributed by atoms with van der Waals surface area (Å²) in [5.41, 5.74) is 13.3. The molecule has 4 unspecified atom stereocenters. The minimum atomic E-state index is -1.31. The number of benzene rings is 4. The first-order valence-corrected chi connectivity index (χ1v) is 18.9. The van der Waals surface area contributed by atoms with Gasteiger partial charge in [-0.1, -0.05) is 60.7 Å². The molecular weight excluding hydrogens is 651 g/mol. The Hall–Kier alpha value is -4.90. The number of carbonyl (C=O) groups is 1. The van der Waals surface area contributed by atoms with Crippen LogP contribution in [0.25, 0.3) is 11.3 Å². The van der Waals surface area contributed by atoms with E-state index < -0.39 is 32.9 Å². The van der Waals surface area contributed by atoms with Gasteiger partial charge in [0.25, 0.3) is 0 Å². The van der Waals surface area contributed by atoms with Crippen molar-refractivity contribution in [3.8, 4) is 0 Å². The molecule has 1 aromatic heterocycles. The van der Waals surface area contributed by atoms with Gasteiger partial charge in [-0.05, 0) is 79.6 Å². The number of para-hydroxylation sites is 1. The summed E-state index contributed by atoms with van der Waals surface area (Å²) in [4.78, 5) is 22.6. The molecule has 4 atom stereocenters. The maximum absolute atomic E-state index is 12.7. The Morgan fingerprint density at radius 3 is 1.90 bits per heavy atom. The van der Waals surface area contributed by atoms with E-state index in [4.69, 9.17) is 5.73 Å². The third-order valence-electron chi connectivity index (χ3n) is 8.93. The molecule has 8 nitrogen and oxygen atoms in total. The van der Waals surface area contributed by atoms with Gasteiger partial charge < -0.3 is 15.1 Å². The summed E-state index contributed by atoms with van der Waals surface area (Å²) < 4.78 is 25.2. The number of nitrogens with one attached hydrogen (secondary N) is 1. The fourth-order valence-corrected chi connectivity index (χ4v) is 7.99. The van der Waals surface area contributed by atoms with Crippen LogP contribution in [0.4, 0.5) is 17.1 Å². The molecule has 4 aromatic carbocycles. The minimum absolute atomic E-state index is 0.271. The molecule has 0 saturated carbocycles. The smallest absolute Gasteiger partial charge is 0.221 e. The summed E-state index contributed by atoms with van der Waals surface area (Å²) in [6.45, 7) is 5.58. The lowest BCUT2D eigenvalue weighted by molar-refractivity contribution is -0.114. The van der Waals surface area contributed by atoms with Gasteiger partial charge in [-0.3, -0.25) is 23.9 Å². The van der Waals surface area contributed by atoms with Crippen molar-refractivity contribution >= 4 is 55.8 Å². The average Bonchev–Trinajstić information content (AvgIpc) is 3.09. The fraction of sp³-hybridized carbons (Fsp3) is 0.179. The van der Waals surface area contributed by atoms with Crippen LogP contribution in [0.1, 0.15) is 37.5 Å². The molecule has 2 heterocycles. The third kappa shape index (κ3) is 6.23. The molecule has 49 heavy (non-hydrogen) atoms. The van der Waals surface area contributed by atoms with E-state index in [0.29, 0.717) is 16.3 Å². The van der Waals surface area contributed by atoms with Crippen LogP contribution in [-0.2, 0) is 31.9 Å². The summed E-state index contributed by atoms with van der Waals surface area (Å²) in [6.07, 6.45) is 6.78. The second-order valence-corrected chi connectivity index (χ2v) is 15.1. The predicted octanol–water partition coefficient (Wildman–Crippen LogP) is 6.96. The summed E-state index contributed by atoms with van der Waals surface area (Å²) in [5, 5.41) is 3.00.